The Morgan fingerprint density at radius 1 is 0.531 bits per heavy atom. The van der Waals surface area contributed by atoms with Crippen LogP contribution >= 0.6 is 11.6 Å². The maximum Gasteiger partial charge on any atom is 0.246 e. The maximum absolute atomic E-state index is 6.14. The van der Waals surface area contributed by atoms with Gasteiger partial charge in [0.1, 0.15) is 16.6 Å². The standard InChI is InChI=1S/C28H15ClN2O/c29-18-12-9-16(10-13-18)17-11-14-24-23(15-17)27-28(32-24)31-26-22-8-4-2-6-20(22)19-5-1-3-7-21(19)25(26)30-27/h1-15H. The summed E-state index contributed by atoms with van der Waals surface area (Å²) in [5.74, 6) is 0. The molecule has 4 heteroatoms. The van der Waals surface area contributed by atoms with E-state index in [-0.39, 0.29) is 0 Å². The van der Waals surface area contributed by atoms with E-state index in [1.807, 2.05) is 36.4 Å². The molecule has 7 aromatic rings. The smallest absolute Gasteiger partial charge is 0.246 e. The number of rotatable bonds is 1. The molecule has 0 atom stereocenters. The monoisotopic (exact) mass is 430 g/mol. The maximum atomic E-state index is 6.14. The lowest BCUT2D eigenvalue weighted by molar-refractivity contribution is 0.655. The molecule has 3 nitrogen and oxygen atoms in total. The average molecular weight is 431 g/mol. The molecule has 0 unspecified atom stereocenters. The Morgan fingerprint density at radius 2 is 1.12 bits per heavy atom. The number of benzene rings is 5. The summed E-state index contributed by atoms with van der Waals surface area (Å²) in [6.45, 7) is 0. The number of nitrogens with zero attached hydrogens (tertiary/aromatic N) is 2. The third-order valence-electron chi connectivity index (χ3n) is 6.14. The van der Waals surface area contributed by atoms with Gasteiger partial charge in [-0.15, -0.1) is 0 Å². The van der Waals surface area contributed by atoms with Gasteiger partial charge in [0, 0.05) is 21.2 Å². The zero-order valence-electron chi connectivity index (χ0n) is 16.8. The largest absolute Gasteiger partial charge is 0.436 e. The van der Waals surface area contributed by atoms with Gasteiger partial charge in [0.2, 0.25) is 5.71 Å². The van der Waals surface area contributed by atoms with Gasteiger partial charge in [-0.1, -0.05) is 78.3 Å². The molecule has 7 rings (SSSR count). The van der Waals surface area contributed by atoms with Crippen molar-refractivity contribution in [2.75, 3.05) is 0 Å². The predicted molar refractivity (Wildman–Crippen MR) is 132 cm³/mol. The highest BCUT2D eigenvalue weighted by molar-refractivity contribution is 6.30. The fourth-order valence-electron chi connectivity index (χ4n) is 4.62. The second kappa shape index (κ2) is 6.52. The topological polar surface area (TPSA) is 38.9 Å². The Hall–Kier alpha value is -3.95. The van der Waals surface area contributed by atoms with Crippen molar-refractivity contribution < 1.29 is 4.42 Å². The second-order valence-corrected chi connectivity index (χ2v) is 8.42. The molecule has 0 N–H and O–H groups in total. The van der Waals surface area contributed by atoms with Crippen LogP contribution in [0.25, 0.3) is 65.9 Å². The van der Waals surface area contributed by atoms with E-state index in [1.54, 1.807) is 0 Å². The van der Waals surface area contributed by atoms with Gasteiger partial charge >= 0.3 is 0 Å². The SMILES string of the molecule is Clc1ccc(-c2ccc3oc4nc5c6ccccc6c6ccccc6c5nc4c3c2)cc1. The highest BCUT2D eigenvalue weighted by atomic mass is 35.5. The number of halogens is 1. The molecule has 2 aromatic heterocycles. The van der Waals surface area contributed by atoms with E-state index in [9.17, 15) is 0 Å². The molecule has 0 saturated carbocycles. The Balaban J connectivity index is 1.60. The lowest BCUT2D eigenvalue weighted by Crippen LogP contribution is -1.89. The summed E-state index contributed by atoms with van der Waals surface area (Å²) in [7, 11) is 0. The molecule has 0 radical (unpaired) electrons. The van der Waals surface area contributed by atoms with Crippen LogP contribution in [0.15, 0.2) is 95.4 Å². The molecule has 0 aliphatic heterocycles. The van der Waals surface area contributed by atoms with Crippen molar-refractivity contribution in [3.05, 3.63) is 96.0 Å². The summed E-state index contributed by atoms with van der Waals surface area (Å²) in [6, 6.07) is 30.7. The van der Waals surface area contributed by atoms with Crippen LogP contribution in [0.5, 0.6) is 0 Å². The van der Waals surface area contributed by atoms with Crippen molar-refractivity contribution in [2.45, 2.75) is 0 Å². The lowest BCUT2D eigenvalue weighted by atomic mass is 9.99. The van der Waals surface area contributed by atoms with E-state index >= 15 is 0 Å². The molecule has 0 amide bonds. The van der Waals surface area contributed by atoms with Crippen molar-refractivity contribution in [1.29, 1.82) is 0 Å². The number of aromatic nitrogens is 2. The summed E-state index contributed by atoms with van der Waals surface area (Å²) in [6.07, 6.45) is 0. The number of hydrogen-bond acceptors (Lipinski definition) is 3. The average Bonchev–Trinajstić information content (AvgIpc) is 3.20. The van der Waals surface area contributed by atoms with Crippen LogP contribution in [-0.4, -0.2) is 9.97 Å². The quantitative estimate of drug-likeness (QED) is 0.246. The molecular formula is C28H15ClN2O. The minimum absolute atomic E-state index is 0.557. The van der Waals surface area contributed by atoms with Gasteiger partial charge in [0.05, 0.1) is 5.52 Å². The minimum Gasteiger partial charge on any atom is -0.436 e. The highest BCUT2D eigenvalue weighted by Crippen LogP contribution is 2.37. The van der Waals surface area contributed by atoms with E-state index in [1.165, 1.54) is 10.8 Å². The summed E-state index contributed by atoms with van der Waals surface area (Å²) in [4.78, 5) is 10.1. The third kappa shape index (κ3) is 2.49. The van der Waals surface area contributed by atoms with Gasteiger partial charge in [-0.05, 0) is 46.2 Å². The molecule has 0 saturated heterocycles. The van der Waals surface area contributed by atoms with Crippen molar-refractivity contribution in [2.24, 2.45) is 0 Å². The predicted octanol–water partition coefficient (Wildman–Crippen LogP) is 8.16. The molecule has 32 heavy (non-hydrogen) atoms. The van der Waals surface area contributed by atoms with Crippen LogP contribution in [-0.2, 0) is 0 Å². The zero-order valence-corrected chi connectivity index (χ0v) is 17.6. The van der Waals surface area contributed by atoms with E-state index in [0.29, 0.717) is 5.71 Å². The minimum atomic E-state index is 0.557. The molecular weight excluding hydrogens is 416 g/mol. The van der Waals surface area contributed by atoms with Gasteiger partial charge in [-0.3, -0.25) is 0 Å². The molecule has 0 bridgehead atoms. The first kappa shape index (κ1) is 17.7. The van der Waals surface area contributed by atoms with Gasteiger partial charge in [0.25, 0.3) is 0 Å². The molecule has 0 fully saturated rings. The van der Waals surface area contributed by atoms with Crippen LogP contribution in [0, 0.1) is 0 Å². The summed E-state index contributed by atoms with van der Waals surface area (Å²) in [5, 5.41) is 6.21. The van der Waals surface area contributed by atoms with Crippen LogP contribution in [0.4, 0.5) is 0 Å². The third-order valence-corrected chi connectivity index (χ3v) is 6.39. The van der Waals surface area contributed by atoms with Gasteiger partial charge in [-0.2, -0.15) is 0 Å². The van der Waals surface area contributed by atoms with Crippen molar-refractivity contribution in [3.8, 4) is 11.1 Å². The molecule has 5 aromatic carbocycles. The van der Waals surface area contributed by atoms with E-state index in [2.05, 4.69) is 54.6 Å². The van der Waals surface area contributed by atoms with E-state index in [4.69, 9.17) is 26.0 Å². The molecule has 0 spiro atoms. The van der Waals surface area contributed by atoms with Crippen molar-refractivity contribution >= 4 is 66.4 Å². The van der Waals surface area contributed by atoms with Gasteiger partial charge < -0.3 is 4.42 Å². The molecule has 0 aliphatic carbocycles. The van der Waals surface area contributed by atoms with E-state index < -0.39 is 0 Å². The van der Waals surface area contributed by atoms with Crippen LogP contribution < -0.4 is 0 Å². The number of furan rings is 1. The van der Waals surface area contributed by atoms with Crippen molar-refractivity contribution in [1.82, 2.24) is 9.97 Å². The Morgan fingerprint density at radius 3 is 1.81 bits per heavy atom. The molecule has 150 valence electrons. The van der Waals surface area contributed by atoms with E-state index in [0.717, 1.165) is 54.4 Å². The first-order valence-electron chi connectivity index (χ1n) is 10.5. The van der Waals surface area contributed by atoms with Gasteiger partial charge in [-0.25, -0.2) is 9.97 Å². The van der Waals surface area contributed by atoms with Gasteiger partial charge in [0.15, 0.2) is 0 Å². The van der Waals surface area contributed by atoms with Crippen LogP contribution in [0.3, 0.4) is 0 Å². The summed E-state index contributed by atoms with van der Waals surface area (Å²) in [5.41, 5.74) is 6.06. The number of hydrogen-bond donors (Lipinski definition) is 0. The van der Waals surface area contributed by atoms with Crippen molar-refractivity contribution in [3.63, 3.8) is 0 Å². The Labute approximate surface area is 187 Å². The van der Waals surface area contributed by atoms with Crippen LogP contribution in [0.1, 0.15) is 0 Å². The molecule has 0 aliphatic rings. The Bertz CT molecular complexity index is 1830. The second-order valence-electron chi connectivity index (χ2n) is 7.99. The summed E-state index contributed by atoms with van der Waals surface area (Å²) >= 11 is 6.07. The molecule has 2 heterocycles. The fraction of sp³-hybridized carbons (Fsp3) is 0. The number of fused-ring (bicyclic) bond motifs is 9. The normalized spacial score (nSPS) is 11.9. The lowest BCUT2D eigenvalue weighted by Gasteiger charge is -2.08. The Kier molecular flexibility index (Phi) is 3.61. The summed E-state index contributed by atoms with van der Waals surface area (Å²) < 4.78 is 6.14. The first-order chi connectivity index (χ1) is 15.8. The fourth-order valence-corrected chi connectivity index (χ4v) is 4.75. The zero-order chi connectivity index (χ0) is 21.2. The highest BCUT2D eigenvalue weighted by Gasteiger charge is 2.16. The van der Waals surface area contributed by atoms with Crippen LogP contribution in [0.2, 0.25) is 5.02 Å². The first-order valence-corrected chi connectivity index (χ1v) is 10.8.